The lowest BCUT2D eigenvalue weighted by molar-refractivity contribution is -0.131. The van der Waals surface area contributed by atoms with E-state index < -0.39 is 0 Å². The molecule has 3 unspecified atom stereocenters. The van der Waals surface area contributed by atoms with Crippen LogP contribution in [0, 0.1) is 5.41 Å². The Balaban J connectivity index is 1.88. The van der Waals surface area contributed by atoms with Crippen molar-refractivity contribution in [2.45, 2.75) is 58.3 Å². The van der Waals surface area contributed by atoms with E-state index in [0.29, 0.717) is 6.04 Å². The summed E-state index contributed by atoms with van der Waals surface area (Å²) in [5.74, 6) is 0.288. The van der Waals surface area contributed by atoms with Crippen molar-refractivity contribution in [2.75, 3.05) is 0 Å². The molecule has 108 valence electrons. The maximum atomic E-state index is 12.7. The second kappa shape index (κ2) is 4.88. The second-order valence-corrected chi connectivity index (χ2v) is 6.78. The van der Waals surface area contributed by atoms with Crippen LogP contribution in [0.15, 0.2) is 30.3 Å². The molecule has 1 N–H and O–H groups in total. The molecule has 0 radical (unpaired) electrons. The fraction of sp³-hybridized carbons (Fsp3) is 0.588. The molecule has 2 fully saturated rings. The number of amides is 1. The van der Waals surface area contributed by atoms with Gasteiger partial charge < -0.3 is 4.90 Å². The largest absolute Gasteiger partial charge is 0.318 e. The SMILES string of the molecule is CCCC1NC(c2ccccc2)N(C2CC2(C)C)C1=O. The average molecular weight is 272 g/mol. The summed E-state index contributed by atoms with van der Waals surface area (Å²) >= 11 is 0. The molecule has 1 saturated carbocycles. The first-order chi connectivity index (χ1) is 9.54. The first-order valence-electron chi connectivity index (χ1n) is 7.68. The van der Waals surface area contributed by atoms with Crippen LogP contribution in [0.3, 0.4) is 0 Å². The van der Waals surface area contributed by atoms with Gasteiger partial charge in [-0.25, -0.2) is 0 Å². The zero-order valence-corrected chi connectivity index (χ0v) is 12.6. The minimum Gasteiger partial charge on any atom is -0.318 e. The van der Waals surface area contributed by atoms with E-state index in [4.69, 9.17) is 0 Å². The lowest BCUT2D eigenvalue weighted by atomic mass is 10.1. The number of nitrogens with zero attached hydrogens (tertiary/aromatic N) is 1. The molecule has 1 saturated heterocycles. The fourth-order valence-electron chi connectivity index (χ4n) is 3.28. The summed E-state index contributed by atoms with van der Waals surface area (Å²) in [6, 6.07) is 10.7. The Morgan fingerprint density at radius 3 is 2.50 bits per heavy atom. The van der Waals surface area contributed by atoms with Crippen molar-refractivity contribution in [3.05, 3.63) is 35.9 Å². The molecule has 0 bridgehead atoms. The molecule has 0 spiro atoms. The van der Waals surface area contributed by atoms with Gasteiger partial charge in [0.05, 0.1) is 6.04 Å². The average Bonchev–Trinajstić information content (AvgIpc) is 2.93. The van der Waals surface area contributed by atoms with Gasteiger partial charge in [0.15, 0.2) is 0 Å². The molecule has 1 aliphatic carbocycles. The number of carbonyl (C=O) groups excluding carboxylic acids is 1. The van der Waals surface area contributed by atoms with Crippen LogP contribution in [0.1, 0.15) is 51.8 Å². The van der Waals surface area contributed by atoms with Crippen LogP contribution in [-0.2, 0) is 4.79 Å². The predicted molar refractivity (Wildman–Crippen MR) is 80.0 cm³/mol. The Labute approximate surface area is 121 Å². The molecule has 0 aromatic heterocycles. The van der Waals surface area contributed by atoms with E-state index in [1.807, 2.05) is 18.2 Å². The summed E-state index contributed by atoms with van der Waals surface area (Å²) in [7, 11) is 0. The summed E-state index contributed by atoms with van der Waals surface area (Å²) < 4.78 is 0. The maximum absolute atomic E-state index is 12.7. The van der Waals surface area contributed by atoms with Gasteiger partial charge >= 0.3 is 0 Å². The van der Waals surface area contributed by atoms with E-state index in [9.17, 15) is 4.79 Å². The number of carbonyl (C=O) groups is 1. The maximum Gasteiger partial charge on any atom is 0.241 e. The lowest BCUT2D eigenvalue weighted by Crippen LogP contribution is -2.35. The summed E-state index contributed by atoms with van der Waals surface area (Å²) in [5.41, 5.74) is 1.47. The highest BCUT2D eigenvalue weighted by atomic mass is 16.2. The fourth-order valence-corrected chi connectivity index (χ4v) is 3.28. The standard InChI is InChI=1S/C17H24N2O/c1-4-8-13-16(20)19(14-11-17(14,2)3)15(18-13)12-9-6-5-7-10-12/h5-7,9-10,13-15,18H,4,8,11H2,1-3H3. The van der Waals surface area contributed by atoms with Gasteiger partial charge in [-0.3, -0.25) is 10.1 Å². The van der Waals surface area contributed by atoms with Gasteiger partial charge in [0.1, 0.15) is 6.17 Å². The topological polar surface area (TPSA) is 32.3 Å². The number of rotatable bonds is 4. The van der Waals surface area contributed by atoms with E-state index in [0.717, 1.165) is 19.3 Å². The minimum absolute atomic E-state index is 0.0124. The Kier molecular flexibility index (Phi) is 3.33. The van der Waals surface area contributed by atoms with Crippen LogP contribution in [-0.4, -0.2) is 22.9 Å². The van der Waals surface area contributed by atoms with Crippen molar-refractivity contribution in [3.8, 4) is 0 Å². The van der Waals surface area contributed by atoms with Crippen molar-refractivity contribution in [3.63, 3.8) is 0 Å². The third kappa shape index (κ3) is 2.24. The summed E-state index contributed by atoms with van der Waals surface area (Å²) in [6.07, 6.45) is 3.12. The van der Waals surface area contributed by atoms with E-state index >= 15 is 0 Å². The van der Waals surface area contributed by atoms with Crippen LogP contribution < -0.4 is 5.32 Å². The number of benzene rings is 1. The highest BCUT2D eigenvalue weighted by Gasteiger charge is 2.56. The number of nitrogens with one attached hydrogen (secondary N) is 1. The molecular formula is C17H24N2O. The molecule has 1 aliphatic heterocycles. The quantitative estimate of drug-likeness (QED) is 0.913. The van der Waals surface area contributed by atoms with Gasteiger partial charge in [0, 0.05) is 6.04 Å². The summed E-state index contributed by atoms with van der Waals surface area (Å²) in [5, 5.41) is 3.54. The molecule has 3 atom stereocenters. The predicted octanol–water partition coefficient (Wildman–Crippen LogP) is 3.08. The van der Waals surface area contributed by atoms with Crippen LogP contribution >= 0.6 is 0 Å². The smallest absolute Gasteiger partial charge is 0.241 e. The third-order valence-electron chi connectivity index (χ3n) is 4.68. The second-order valence-electron chi connectivity index (χ2n) is 6.78. The van der Waals surface area contributed by atoms with Crippen molar-refractivity contribution in [1.82, 2.24) is 10.2 Å². The van der Waals surface area contributed by atoms with Crippen molar-refractivity contribution in [1.29, 1.82) is 0 Å². The van der Waals surface area contributed by atoms with Gasteiger partial charge in [-0.1, -0.05) is 57.5 Å². The Bertz CT molecular complexity index is 497. The molecular weight excluding hydrogens is 248 g/mol. The van der Waals surface area contributed by atoms with E-state index in [1.165, 1.54) is 5.56 Å². The number of hydrogen-bond acceptors (Lipinski definition) is 2. The monoisotopic (exact) mass is 272 g/mol. The zero-order valence-electron chi connectivity index (χ0n) is 12.6. The zero-order chi connectivity index (χ0) is 14.3. The summed E-state index contributed by atoms with van der Waals surface area (Å²) in [6.45, 7) is 6.64. The normalized spacial score (nSPS) is 31.6. The molecule has 3 heteroatoms. The first kappa shape index (κ1) is 13.6. The van der Waals surface area contributed by atoms with Gasteiger partial charge in [0.25, 0.3) is 0 Å². The molecule has 20 heavy (non-hydrogen) atoms. The van der Waals surface area contributed by atoms with Crippen molar-refractivity contribution >= 4 is 5.91 Å². The van der Waals surface area contributed by atoms with Gasteiger partial charge in [-0.05, 0) is 23.8 Å². The Morgan fingerprint density at radius 2 is 1.95 bits per heavy atom. The first-order valence-corrected chi connectivity index (χ1v) is 7.68. The van der Waals surface area contributed by atoms with Crippen molar-refractivity contribution < 1.29 is 4.79 Å². The van der Waals surface area contributed by atoms with E-state index in [2.05, 4.69) is 43.1 Å². The van der Waals surface area contributed by atoms with Crippen LogP contribution in [0.5, 0.6) is 0 Å². The summed E-state index contributed by atoms with van der Waals surface area (Å²) in [4.78, 5) is 14.8. The highest BCUT2D eigenvalue weighted by Crippen LogP contribution is 2.52. The molecule has 2 aliphatic rings. The minimum atomic E-state index is -0.0124. The molecule has 1 aromatic rings. The van der Waals surface area contributed by atoms with E-state index in [-0.39, 0.29) is 23.5 Å². The molecule has 1 heterocycles. The van der Waals surface area contributed by atoms with Crippen LogP contribution in [0.2, 0.25) is 0 Å². The molecule has 1 amide bonds. The number of hydrogen-bond donors (Lipinski definition) is 1. The highest BCUT2D eigenvalue weighted by molar-refractivity contribution is 5.85. The molecule has 3 nitrogen and oxygen atoms in total. The Hall–Kier alpha value is -1.35. The lowest BCUT2D eigenvalue weighted by Gasteiger charge is -2.26. The van der Waals surface area contributed by atoms with Crippen molar-refractivity contribution in [2.24, 2.45) is 5.41 Å². The third-order valence-corrected chi connectivity index (χ3v) is 4.68. The van der Waals surface area contributed by atoms with Gasteiger partial charge in [0.2, 0.25) is 5.91 Å². The van der Waals surface area contributed by atoms with Gasteiger partial charge in [-0.15, -0.1) is 0 Å². The Morgan fingerprint density at radius 1 is 1.30 bits per heavy atom. The molecule has 1 aromatic carbocycles. The van der Waals surface area contributed by atoms with E-state index in [1.54, 1.807) is 0 Å². The van der Waals surface area contributed by atoms with Crippen LogP contribution in [0.25, 0.3) is 0 Å². The molecule has 3 rings (SSSR count). The van der Waals surface area contributed by atoms with Gasteiger partial charge in [-0.2, -0.15) is 0 Å². The van der Waals surface area contributed by atoms with Crippen LogP contribution in [0.4, 0.5) is 0 Å².